The molecule has 2 aromatic carbocycles. The minimum absolute atomic E-state index is 0.0105. The number of halogens is 1. The van der Waals surface area contributed by atoms with Gasteiger partial charge in [-0.2, -0.15) is 5.10 Å². The summed E-state index contributed by atoms with van der Waals surface area (Å²) >= 11 is 3.00. The summed E-state index contributed by atoms with van der Waals surface area (Å²) < 4.78 is 20.5. The highest BCUT2D eigenvalue weighted by molar-refractivity contribution is 7.11. The van der Waals surface area contributed by atoms with Crippen LogP contribution in [0.25, 0.3) is 11.3 Å². The fraction of sp³-hybridized carbons (Fsp3) is 0.0455. The number of carbonyl (C=O) groups is 1. The lowest BCUT2D eigenvalue weighted by Crippen LogP contribution is -2.25. The zero-order valence-electron chi connectivity index (χ0n) is 16.0. The van der Waals surface area contributed by atoms with Crippen molar-refractivity contribution in [3.63, 3.8) is 0 Å². The maximum Gasteiger partial charge on any atom is 0.262 e. The Balaban J connectivity index is 1.62. The van der Waals surface area contributed by atoms with Crippen molar-refractivity contribution in [1.82, 2.24) is 4.68 Å². The number of hydrogen-bond donors (Lipinski definition) is 1. The van der Waals surface area contributed by atoms with Gasteiger partial charge in [-0.3, -0.25) is 4.79 Å². The van der Waals surface area contributed by atoms with Crippen molar-refractivity contribution in [1.29, 1.82) is 0 Å². The van der Waals surface area contributed by atoms with Crippen LogP contribution in [0, 0.1) is 5.82 Å². The summed E-state index contributed by atoms with van der Waals surface area (Å²) in [5.41, 5.74) is 2.90. The summed E-state index contributed by atoms with van der Waals surface area (Å²) in [6, 6.07) is 15.5. The summed E-state index contributed by atoms with van der Waals surface area (Å²) in [5.74, 6) is 0.127. The maximum atomic E-state index is 13.3. The SMILES string of the molecule is O=C1COc2ccc(-c3csc(=Nc4ccc(F)cc4)n3N=Cc3cccs3)cc2N1. The third kappa shape index (κ3) is 4.18. The van der Waals surface area contributed by atoms with E-state index in [2.05, 4.69) is 15.4 Å². The first-order valence-corrected chi connectivity index (χ1v) is 11.1. The molecule has 3 heterocycles. The molecule has 31 heavy (non-hydrogen) atoms. The van der Waals surface area contributed by atoms with Crippen LogP contribution in [0.5, 0.6) is 5.75 Å². The highest BCUT2D eigenvalue weighted by Crippen LogP contribution is 2.33. The average molecular weight is 451 g/mol. The normalized spacial score (nSPS) is 13.8. The smallest absolute Gasteiger partial charge is 0.262 e. The Morgan fingerprint density at radius 2 is 2.00 bits per heavy atom. The van der Waals surface area contributed by atoms with E-state index in [1.807, 2.05) is 41.1 Å². The number of rotatable bonds is 4. The first-order valence-electron chi connectivity index (χ1n) is 9.31. The molecule has 154 valence electrons. The second kappa shape index (κ2) is 8.29. The van der Waals surface area contributed by atoms with Gasteiger partial charge in [0.25, 0.3) is 5.91 Å². The molecule has 1 N–H and O–H groups in total. The largest absolute Gasteiger partial charge is 0.482 e. The van der Waals surface area contributed by atoms with E-state index in [0.717, 1.165) is 16.1 Å². The summed E-state index contributed by atoms with van der Waals surface area (Å²) in [6.07, 6.45) is 1.77. The molecule has 5 rings (SSSR count). The van der Waals surface area contributed by atoms with Crippen molar-refractivity contribution in [3.8, 4) is 17.0 Å². The molecule has 0 saturated carbocycles. The Morgan fingerprint density at radius 3 is 2.81 bits per heavy atom. The average Bonchev–Trinajstić information content (AvgIpc) is 3.43. The number of benzene rings is 2. The van der Waals surface area contributed by atoms with Crippen molar-refractivity contribution >= 4 is 46.2 Å². The van der Waals surface area contributed by atoms with E-state index in [0.29, 0.717) is 21.9 Å². The molecule has 0 atom stereocenters. The molecule has 1 aliphatic rings. The number of thiazole rings is 1. The zero-order chi connectivity index (χ0) is 21.2. The Labute approximate surface area is 184 Å². The van der Waals surface area contributed by atoms with Gasteiger partial charge in [-0.25, -0.2) is 14.1 Å². The lowest BCUT2D eigenvalue weighted by atomic mass is 10.1. The van der Waals surface area contributed by atoms with E-state index in [9.17, 15) is 9.18 Å². The number of aromatic nitrogens is 1. The van der Waals surface area contributed by atoms with Crippen LogP contribution >= 0.6 is 22.7 Å². The molecular weight excluding hydrogens is 435 g/mol. The Morgan fingerprint density at radius 1 is 1.13 bits per heavy atom. The monoisotopic (exact) mass is 450 g/mol. The lowest BCUT2D eigenvalue weighted by molar-refractivity contribution is -0.118. The van der Waals surface area contributed by atoms with Crippen molar-refractivity contribution < 1.29 is 13.9 Å². The maximum absolute atomic E-state index is 13.3. The number of hydrogen-bond acceptors (Lipinski definition) is 6. The van der Waals surface area contributed by atoms with E-state index in [-0.39, 0.29) is 18.3 Å². The van der Waals surface area contributed by atoms with Crippen molar-refractivity contribution in [2.45, 2.75) is 0 Å². The van der Waals surface area contributed by atoms with Crippen LogP contribution in [-0.4, -0.2) is 23.4 Å². The third-order valence-corrected chi connectivity index (χ3v) is 6.11. The van der Waals surface area contributed by atoms with Crippen LogP contribution < -0.4 is 14.9 Å². The quantitative estimate of drug-likeness (QED) is 0.451. The third-order valence-electron chi connectivity index (χ3n) is 4.49. The standard InChI is InChI=1S/C22H15FN4O2S2/c23-15-4-6-16(7-5-15)25-22-27(24-11-17-2-1-9-30-17)19(13-31-22)14-3-8-20-18(10-14)26-21(28)12-29-20/h1-11,13H,12H2,(H,26,28). The van der Waals surface area contributed by atoms with Gasteiger partial charge in [0, 0.05) is 15.8 Å². The molecule has 6 nitrogen and oxygen atoms in total. The first-order chi connectivity index (χ1) is 15.2. The summed E-state index contributed by atoms with van der Waals surface area (Å²) in [5, 5.41) is 11.4. The Bertz CT molecular complexity index is 1340. The molecule has 0 aliphatic carbocycles. The molecule has 1 amide bonds. The number of thiophene rings is 1. The second-order valence-corrected chi connectivity index (χ2v) is 8.43. The molecule has 0 unspecified atom stereocenters. The molecule has 0 radical (unpaired) electrons. The molecule has 4 aromatic rings. The fourth-order valence-electron chi connectivity index (χ4n) is 3.03. The van der Waals surface area contributed by atoms with Crippen molar-refractivity contribution in [3.05, 3.63) is 80.9 Å². The number of nitrogens with one attached hydrogen (secondary N) is 1. The van der Waals surface area contributed by atoms with E-state index in [1.54, 1.807) is 34.4 Å². The first kappa shape index (κ1) is 19.4. The van der Waals surface area contributed by atoms with Gasteiger partial charge in [-0.1, -0.05) is 6.07 Å². The van der Waals surface area contributed by atoms with E-state index >= 15 is 0 Å². The minimum Gasteiger partial charge on any atom is -0.482 e. The number of anilines is 1. The van der Waals surface area contributed by atoms with Crippen molar-refractivity contribution in [2.75, 3.05) is 11.9 Å². The van der Waals surface area contributed by atoms with Crippen molar-refractivity contribution in [2.24, 2.45) is 10.1 Å². The number of ether oxygens (including phenoxy) is 1. The molecule has 0 saturated heterocycles. The highest BCUT2D eigenvalue weighted by Gasteiger charge is 2.17. The van der Waals surface area contributed by atoms with Gasteiger partial charge in [0.15, 0.2) is 6.61 Å². The van der Waals surface area contributed by atoms with Gasteiger partial charge in [-0.05, 0) is 53.9 Å². The number of carbonyl (C=O) groups excluding carboxylic acids is 1. The van der Waals surface area contributed by atoms with Crippen LogP contribution in [0.4, 0.5) is 15.8 Å². The summed E-state index contributed by atoms with van der Waals surface area (Å²) in [6.45, 7) is 0.0105. The molecule has 0 spiro atoms. The van der Waals surface area contributed by atoms with Gasteiger partial charge >= 0.3 is 0 Å². The molecule has 2 aromatic heterocycles. The van der Waals surface area contributed by atoms with Gasteiger partial charge < -0.3 is 10.1 Å². The second-order valence-electron chi connectivity index (χ2n) is 6.61. The minimum atomic E-state index is -0.312. The topological polar surface area (TPSA) is 68.0 Å². The molecule has 1 aliphatic heterocycles. The predicted molar refractivity (Wildman–Crippen MR) is 121 cm³/mol. The van der Waals surface area contributed by atoms with Gasteiger partial charge in [-0.15, -0.1) is 22.7 Å². The van der Waals surface area contributed by atoms with Crippen LogP contribution in [0.3, 0.4) is 0 Å². The van der Waals surface area contributed by atoms with E-state index in [4.69, 9.17) is 4.74 Å². The predicted octanol–water partition coefficient (Wildman–Crippen LogP) is 4.86. The number of nitrogens with zero attached hydrogens (tertiary/aromatic N) is 3. The van der Waals surface area contributed by atoms with Crippen LogP contribution in [-0.2, 0) is 4.79 Å². The molecular formula is C22H15FN4O2S2. The Hall–Kier alpha value is -3.56. The molecule has 0 bridgehead atoms. The molecule has 9 heteroatoms. The fourth-order valence-corrected chi connectivity index (χ4v) is 4.47. The highest BCUT2D eigenvalue weighted by atomic mass is 32.1. The lowest BCUT2D eigenvalue weighted by Gasteiger charge is -2.18. The van der Waals surface area contributed by atoms with Crippen LogP contribution in [0.1, 0.15) is 4.88 Å². The summed E-state index contributed by atoms with van der Waals surface area (Å²) in [7, 11) is 0. The number of amides is 1. The van der Waals surface area contributed by atoms with E-state index < -0.39 is 0 Å². The van der Waals surface area contributed by atoms with Crippen LogP contribution in [0.2, 0.25) is 0 Å². The Kier molecular flexibility index (Phi) is 5.19. The number of fused-ring (bicyclic) bond motifs is 1. The molecule has 0 fully saturated rings. The van der Waals surface area contributed by atoms with Gasteiger partial charge in [0.05, 0.1) is 23.3 Å². The zero-order valence-corrected chi connectivity index (χ0v) is 17.6. The summed E-state index contributed by atoms with van der Waals surface area (Å²) in [4.78, 5) is 18.0. The van der Waals surface area contributed by atoms with Gasteiger partial charge in [0.2, 0.25) is 4.80 Å². The van der Waals surface area contributed by atoms with Gasteiger partial charge in [0.1, 0.15) is 11.6 Å². The van der Waals surface area contributed by atoms with E-state index in [1.165, 1.54) is 23.5 Å². The van der Waals surface area contributed by atoms with Crippen LogP contribution in [0.15, 0.2) is 75.5 Å².